The Hall–Kier alpha value is -2.93. The van der Waals surface area contributed by atoms with Crippen molar-refractivity contribution in [1.29, 1.82) is 0 Å². The molecule has 2 fully saturated rings. The van der Waals surface area contributed by atoms with Gasteiger partial charge in [-0.1, -0.05) is 30.3 Å². The van der Waals surface area contributed by atoms with E-state index in [9.17, 15) is 9.59 Å². The van der Waals surface area contributed by atoms with E-state index in [2.05, 4.69) is 44.8 Å². The van der Waals surface area contributed by atoms with Gasteiger partial charge in [-0.3, -0.25) is 14.5 Å². The minimum Gasteiger partial charge on any atom is -0.359 e. The summed E-state index contributed by atoms with van der Waals surface area (Å²) in [4.78, 5) is 34.0. The van der Waals surface area contributed by atoms with Crippen LogP contribution < -0.4 is 15.5 Å². The van der Waals surface area contributed by atoms with Crippen molar-refractivity contribution in [2.75, 3.05) is 36.4 Å². The zero-order valence-corrected chi connectivity index (χ0v) is 17.7. The van der Waals surface area contributed by atoms with Crippen molar-refractivity contribution < 1.29 is 9.59 Å². The topological polar surface area (TPSA) is 77.6 Å². The maximum Gasteiger partial charge on any atom is 0.253 e. The van der Waals surface area contributed by atoms with Gasteiger partial charge in [0.1, 0.15) is 5.82 Å². The number of fused-ring (bicyclic) bond motifs is 1. The maximum absolute atomic E-state index is 12.9. The molecule has 0 bridgehead atoms. The molecule has 1 saturated carbocycles. The van der Waals surface area contributed by atoms with Crippen LogP contribution in [-0.4, -0.2) is 53.9 Å². The van der Waals surface area contributed by atoms with Gasteiger partial charge in [0.15, 0.2) is 0 Å². The molecule has 0 radical (unpaired) electrons. The Labute approximate surface area is 182 Å². The zero-order chi connectivity index (χ0) is 21.2. The highest BCUT2D eigenvalue weighted by Gasteiger charge is 2.32. The van der Waals surface area contributed by atoms with Gasteiger partial charge in [0.25, 0.3) is 5.91 Å². The number of nitrogens with zero attached hydrogens (tertiary/aromatic N) is 3. The van der Waals surface area contributed by atoms with Crippen molar-refractivity contribution in [2.45, 2.75) is 38.3 Å². The molecule has 7 nitrogen and oxygen atoms in total. The third-order valence-corrected chi connectivity index (χ3v) is 6.44. The minimum atomic E-state index is -0.110. The van der Waals surface area contributed by atoms with Crippen LogP contribution in [0.15, 0.2) is 42.6 Å². The molecule has 31 heavy (non-hydrogen) atoms. The lowest BCUT2D eigenvalue weighted by Crippen LogP contribution is -2.44. The number of aromatic nitrogens is 1. The van der Waals surface area contributed by atoms with Gasteiger partial charge in [-0.25, -0.2) is 4.98 Å². The van der Waals surface area contributed by atoms with Crippen molar-refractivity contribution in [1.82, 2.24) is 15.2 Å². The smallest absolute Gasteiger partial charge is 0.253 e. The van der Waals surface area contributed by atoms with E-state index in [1.165, 1.54) is 18.4 Å². The zero-order valence-electron chi connectivity index (χ0n) is 17.7. The minimum absolute atomic E-state index is 0.0459. The summed E-state index contributed by atoms with van der Waals surface area (Å²) in [5.41, 5.74) is 2.57. The lowest BCUT2D eigenvalue weighted by Gasteiger charge is -2.32. The summed E-state index contributed by atoms with van der Waals surface area (Å²) in [6, 6.07) is 12.5. The second-order valence-corrected chi connectivity index (χ2v) is 8.90. The highest BCUT2D eigenvalue weighted by molar-refractivity contribution is 6.04. The first-order valence-electron chi connectivity index (χ1n) is 11.3. The largest absolute Gasteiger partial charge is 0.359 e. The number of nitrogens with one attached hydrogen (secondary N) is 2. The fourth-order valence-electron chi connectivity index (χ4n) is 4.41. The van der Waals surface area contributed by atoms with Crippen LogP contribution in [0, 0.1) is 5.92 Å². The Morgan fingerprint density at radius 2 is 1.90 bits per heavy atom. The summed E-state index contributed by atoms with van der Waals surface area (Å²) in [6.07, 6.45) is 5.82. The molecule has 0 unspecified atom stereocenters. The fraction of sp³-hybridized carbons (Fsp3) is 0.458. The van der Waals surface area contributed by atoms with E-state index in [1.54, 1.807) is 11.1 Å². The number of hydrogen-bond donors (Lipinski definition) is 2. The third kappa shape index (κ3) is 4.71. The van der Waals surface area contributed by atoms with Gasteiger partial charge in [-0.15, -0.1) is 0 Å². The molecule has 2 aromatic rings. The number of piperidine rings is 1. The number of hydrogen-bond acceptors (Lipinski definition) is 5. The van der Waals surface area contributed by atoms with Crippen LogP contribution in [0.5, 0.6) is 0 Å². The summed E-state index contributed by atoms with van der Waals surface area (Å²) in [5, 5.41) is 6.24. The predicted molar refractivity (Wildman–Crippen MR) is 120 cm³/mol. The second-order valence-electron chi connectivity index (χ2n) is 8.90. The van der Waals surface area contributed by atoms with Crippen LogP contribution in [0.2, 0.25) is 0 Å². The molecule has 1 saturated heterocycles. The van der Waals surface area contributed by atoms with Crippen molar-refractivity contribution in [3.8, 4) is 0 Å². The van der Waals surface area contributed by atoms with E-state index in [0.717, 1.165) is 44.7 Å². The van der Waals surface area contributed by atoms with Gasteiger partial charge in [0, 0.05) is 38.4 Å². The number of rotatable bonds is 6. The summed E-state index contributed by atoms with van der Waals surface area (Å²) < 4.78 is 0. The molecule has 2 aliphatic heterocycles. The van der Waals surface area contributed by atoms with Crippen LogP contribution >= 0.6 is 0 Å². The van der Waals surface area contributed by atoms with Gasteiger partial charge in [-0.2, -0.15) is 0 Å². The Bertz CT molecular complexity index is 952. The van der Waals surface area contributed by atoms with Crippen LogP contribution in [0.1, 0.15) is 41.6 Å². The molecular formula is C24H29N5O2. The van der Waals surface area contributed by atoms with Crippen molar-refractivity contribution in [3.63, 3.8) is 0 Å². The Morgan fingerprint density at radius 1 is 1.13 bits per heavy atom. The van der Waals surface area contributed by atoms with Crippen molar-refractivity contribution in [3.05, 3.63) is 53.7 Å². The number of carbonyl (C=O) groups is 2. The molecule has 0 atom stereocenters. The average molecular weight is 420 g/mol. The molecule has 3 aliphatic rings. The quantitative estimate of drug-likeness (QED) is 0.753. The molecule has 162 valence electrons. The van der Waals surface area contributed by atoms with E-state index >= 15 is 0 Å². The summed E-state index contributed by atoms with van der Waals surface area (Å²) in [5.74, 6) is 1.20. The Morgan fingerprint density at radius 3 is 2.65 bits per heavy atom. The number of carbonyl (C=O) groups excluding carboxylic acids is 2. The van der Waals surface area contributed by atoms with Crippen LogP contribution in [-0.2, 0) is 11.3 Å². The fourth-order valence-corrected chi connectivity index (χ4v) is 4.41. The summed E-state index contributed by atoms with van der Waals surface area (Å²) >= 11 is 0. The molecule has 1 aliphatic carbocycles. The molecule has 1 aromatic carbocycles. The molecule has 3 heterocycles. The van der Waals surface area contributed by atoms with Crippen LogP contribution in [0.3, 0.4) is 0 Å². The van der Waals surface area contributed by atoms with Gasteiger partial charge < -0.3 is 15.5 Å². The van der Waals surface area contributed by atoms with Crippen molar-refractivity contribution in [2.24, 2.45) is 5.92 Å². The lowest BCUT2D eigenvalue weighted by molar-refractivity contribution is -0.117. The molecule has 5 rings (SSSR count). The average Bonchev–Trinajstić information content (AvgIpc) is 3.62. The summed E-state index contributed by atoms with van der Waals surface area (Å²) in [7, 11) is 0. The normalized spacial score (nSPS) is 19.6. The maximum atomic E-state index is 12.9. The van der Waals surface area contributed by atoms with Gasteiger partial charge >= 0.3 is 0 Å². The summed E-state index contributed by atoms with van der Waals surface area (Å²) in [6.45, 7) is 3.87. The van der Waals surface area contributed by atoms with Gasteiger partial charge in [0.05, 0.1) is 17.8 Å². The first-order chi connectivity index (χ1) is 15.2. The second kappa shape index (κ2) is 8.67. The number of amides is 2. The third-order valence-electron chi connectivity index (χ3n) is 6.44. The number of likely N-dealkylation sites (tertiary alicyclic amines) is 1. The number of pyridine rings is 1. The molecule has 2 N–H and O–H groups in total. The van der Waals surface area contributed by atoms with E-state index in [4.69, 9.17) is 0 Å². The van der Waals surface area contributed by atoms with Crippen molar-refractivity contribution >= 4 is 23.3 Å². The van der Waals surface area contributed by atoms with E-state index in [1.807, 2.05) is 12.1 Å². The first-order valence-corrected chi connectivity index (χ1v) is 11.3. The van der Waals surface area contributed by atoms with Gasteiger partial charge in [-0.05, 0) is 43.2 Å². The molecular weight excluding hydrogens is 390 g/mol. The number of benzene rings is 1. The van der Waals surface area contributed by atoms with E-state index in [0.29, 0.717) is 17.3 Å². The Balaban J connectivity index is 1.19. The van der Waals surface area contributed by atoms with Crippen LogP contribution in [0.4, 0.5) is 11.5 Å². The number of anilines is 2. The molecule has 1 aromatic heterocycles. The lowest BCUT2D eigenvalue weighted by atomic mass is 10.0. The molecule has 0 spiro atoms. The van der Waals surface area contributed by atoms with Crippen LogP contribution in [0.25, 0.3) is 0 Å². The molecule has 7 heteroatoms. The highest BCUT2D eigenvalue weighted by Crippen LogP contribution is 2.35. The predicted octanol–water partition coefficient (Wildman–Crippen LogP) is 2.64. The molecule has 2 amide bonds. The highest BCUT2D eigenvalue weighted by atomic mass is 16.2. The SMILES string of the molecule is O=C(NC1CCN(Cc2ccccc2)CC1)c1cnc2c(c1)N(CC1CC1)C(=O)CN2. The monoisotopic (exact) mass is 419 g/mol. The van der Waals surface area contributed by atoms with E-state index < -0.39 is 0 Å². The van der Waals surface area contributed by atoms with E-state index in [-0.39, 0.29) is 24.4 Å². The standard InChI is InChI=1S/C24H29N5O2/c30-22-14-26-23-21(29(22)16-18-6-7-18)12-19(13-25-23)24(31)27-20-8-10-28(11-9-20)15-17-4-2-1-3-5-17/h1-5,12-13,18,20H,6-11,14-16H2,(H,25,26)(H,27,31). The first kappa shape index (κ1) is 20.0. The van der Waals surface area contributed by atoms with Gasteiger partial charge in [0.2, 0.25) is 5.91 Å². The Kier molecular flexibility index (Phi) is 5.59.